The second-order valence-electron chi connectivity index (χ2n) is 5.18. The molecule has 0 aliphatic rings. The second-order valence-corrected chi connectivity index (χ2v) is 5.18. The fraction of sp³-hybridized carbons (Fsp3) is 1.00. The van der Waals surface area contributed by atoms with Crippen molar-refractivity contribution in [3.63, 3.8) is 0 Å². The van der Waals surface area contributed by atoms with Gasteiger partial charge in [-0.1, -0.05) is 0 Å². The molecule has 0 saturated heterocycles. The zero-order valence-electron chi connectivity index (χ0n) is 15.3. The van der Waals surface area contributed by atoms with E-state index >= 15 is 0 Å². The molecule has 0 amide bonds. The summed E-state index contributed by atoms with van der Waals surface area (Å²) in [6, 6.07) is 0. The van der Waals surface area contributed by atoms with E-state index in [1.54, 1.807) is 0 Å². The fourth-order valence-corrected chi connectivity index (χ4v) is 1.83. The van der Waals surface area contributed by atoms with Crippen molar-refractivity contribution in [1.82, 2.24) is 0 Å². The highest BCUT2D eigenvalue weighted by atomic mass is 16.6. The lowest BCUT2D eigenvalue weighted by Crippen LogP contribution is -2.29. The third-order valence-corrected chi connectivity index (χ3v) is 2.95. The number of ether oxygens (including phenoxy) is 6. The van der Waals surface area contributed by atoms with E-state index in [1.165, 1.54) is 0 Å². The number of hydrogen-bond acceptors (Lipinski definition) is 10. The first-order valence-corrected chi connectivity index (χ1v) is 8.76. The quantitative estimate of drug-likeness (QED) is 0.161. The van der Waals surface area contributed by atoms with Gasteiger partial charge in [-0.05, 0) is 0 Å². The van der Waals surface area contributed by atoms with Crippen molar-refractivity contribution in [2.45, 2.75) is 12.2 Å². The fourth-order valence-electron chi connectivity index (χ4n) is 1.83. The smallest absolute Gasteiger partial charge is 0.104 e. The van der Waals surface area contributed by atoms with Gasteiger partial charge in [0.05, 0.1) is 92.5 Å². The molecule has 4 N–H and O–H groups in total. The number of aliphatic hydroxyl groups is 4. The highest BCUT2D eigenvalue weighted by Gasteiger charge is 2.11. The molecule has 2 atom stereocenters. The predicted octanol–water partition coefficient (Wildman–Crippen LogP) is -2.21. The van der Waals surface area contributed by atoms with Gasteiger partial charge in [-0.2, -0.15) is 0 Å². The maximum absolute atomic E-state index is 8.80. The normalized spacial score (nSPS) is 13.8. The van der Waals surface area contributed by atoms with E-state index in [1.807, 2.05) is 0 Å². The zero-order valence-corrected chi connectivity index (χ0v) is 15.3. The molecule has 0 aliphatic carbocycles. The van der Waals surface area contributed by atoms with E-state index in [0.29, 0.717) is 13.2 Å². The van der Waals surface area contributed by atoms with Crippen LogP contribution in [-0.4, -0.2) is 125 Å². The van der Waals surface area contributed by atoms with Gasteiger partial charge in [0.1, 0.15) is 12.2 Å². The molecular weight excluding hydrogens is 352 g/mol. The highest BCUT2D eigenvalue weighted by molar-refractivity contribution is 4.57. The molecule has 10 heteroatoms. The molecule has 0 aromatic carbocycles. The average Bonchev–Trinajstić information content (AvgIpc) is 2.65. The first-order valence-electron chi connectivity index (χ1n) is 8.76. The number of rotatable bonds is 21. The lowest BCUT2D eigenvalue weighted by Gasteiger charge is -2.19. The molecule has 26 heavy (non-hydrogen) atoms. The summed E-state index contributed by atoms with van der Waals surface area (Å²) in [6.45, 7) is 2.25. The van der Waals surface area contributed by atoms with Crippen LogP contribution in [0.5, 0.6) is 0 Å². The van der Waals surface area contributed by atoms with Crippen molar-refractivity contribution in [2.75, 3.05) is 92.5 Å². The molecule has 0 bridgehead atoms. The van der Waals surface area contributed by atoms with Gasteiger partial charge in [-0.15, -0.1) is 0 Å². The standard InChI is InChI=1S/C16H34O10/c17-1-5-21-11-15(25-7-3-19)13-23-9-10-24-14-16(26-8-4-20)12-22-6-2-18/h15-20H,1-14H2. The lowest BCUT2D eigenvalue weighted by atomic mass is 10.4. The van der Waals surface area contributed by atoms with Crippen molar-refractivity contribution in [3.8, 4) is 0 Å². The first-order chi connectivity index (χ1) is 12.8. The molecular formula is C16H34O10. The van der Waals surface area contributed by atoms with Gasteiger partial charge in [-0.3, -0.25) is 0 Å². The minimum Gasteiger partial charge on any atom is -0.394 e. The Labute approximate surface area is 154 Å². The van der Waals surface area contributed by atoms with Crippen LogP contribution in [-0.2, 0) is 28.4 Å². The van der Waals surface area contributed by atoms with Crippen LogP contribution in [0.15, 0.2) is 0 Å². The molecule has 0 aromatic heterocycles. The van der Waals surface area contributed by atoms with E-state index in [4.69, 9.17) is 48.8 Å². The summed E-state index contributed by atoms with van der Waals surface area (Å²) in [6.07, 6.45) is -0.664. The van der Waals surface area contributed by atoms with Crippen LogP contribution >= 0.6 is 0 Å². The molecule has 2 unspecified atom stereocenters. The molecule has 0 spiro atoms. The first kappa shape index (κ1) is 25.6. The second kappa shape index (κ2) is 20.9. The van der Waals surface area contributed by atoms with Crippen molar-refractivity contribution in [1.29, 1.82) is 0 Å². The van der Waals surface area contributed by atoms with E-state index in [9.17, 15) is 0 Å². The van der Waals surface area contributed by atoms with Gasteiger partial charge in [0.2, 0.25) is 0 Å². The molecule has 0 heterocycles. The molecule has 0 fully saturated rings. The Morgan fingerprint density at radius 3 is 1.04 bits per heavy atom. The maximum Gasteiger partial charge on any atom is 0.104 e. The summed E-state index contributed by atoms with van der Waals surface area (Å²) < 4.78 is 32.1. The summed E-state index contributed by atoms with van der Waals surface area (Å²) in [7, 11) is 0. The topological polar surface area (TPSA) is 136 Å². The van der Waals surface area contributed by atoms with Gasteiger partial charge in [-0.25, -0.2) is 0 Å². The van der Waals surface area contributed by atoms with Crippen LogP contribution < -0.4 is 0 Å². The van der Waals surface area contributed by atoms with Crippen molar-refractivity contribution in [2.24, 2.45) is 0 Å². The summed E-state index contributed by atoms with van der Waals surface area (Å²) in [5.74, 6) is 0. The Bertz CT molecular complexity index is 243. The van der Waals surface area contributed by atoms with E-state index < -0.39 is 0 Å². The molecule has 0 radical (unpaired) electrons. The maximum atomic E-state index is 8.80. The molecule has 158 valence electrons. The van der Waals surface area contributed by atoms with Gasteiger partial charge in [0.25, 0.3) is 0 Å². The molecule has 0 aromatic rings. The van der Waals surface area contributed by atoms with Crippen LogP contribution in [0.4, 0.5) is 0 Å². The third kappa shape index (κ3) is 17.0. The molecule has 0 saturated carbocycles. The van der Waals surface area contributed by atoms with Gasteiger partial charge >= 0.3 is 0 Å². The summed E-state index contributed by atoms with van der Waals surface area (Å²) >= 11 is 0. The summed E-state index contributed by atoms with van der Waals surface area (Å²) in [5, 5.41) is 35.0. The molecule has 10 nitrogen and oxygen atoms in total. The van der Waals surface area contributed by atoms with Crippen LogP contribution in [0.25, 0.3) is 0 Å². The monoisotopic (exact) mass is 386 g/mol. The van der Waals surface area contributed by atoms with Gasteiger partial charge in [0, 0.05) is 0 Å². The van der Waals surface area contributed by atoms with Crippen LogP contribution in [0.2, 0.25) is 0 Å². The van der Waals surface area contributed by atoms with E-state index in [2.05, 4.69) is 0 Å². The number of hydrogen-bond donors (Lipinski definition) is 4. The Morgan fingerprint density at radius 2 is 0.731 bits per heavy atom. The summed E-state index contributed by atoms with van der Waals surface area (Å²) in [5.41, 5.74) is 0. The van der Waals surface area contributed by atoms with E-state index in [0.717, 1.165) is 0 Å². The van der Waals surface area contributed by atoms with E-state index in [-0.39, 0.29) is 91.5 Å². The van der Waals surface area contributed by atoms with Crippen molar-refractivity contribution < 1.29 is 48.8 Å². The summed E-state index contributed by atoms with van der Waals surface area (Å²) in [4.78, 5) is 0. The van der Waals surface area contributed by atoms with Crippen molar-refractivity contribution >= 4 is 0 Å². The largest absolute Gasteiger partial charge is 0.394 e. The Balaban J connectivity index is 3.82. The lowest BCUT2D eigenvalue weighted by molar-refractivity contribution is -0.0901. The number of aliphatic hydroxyl groups excluding tert-OH is 4. The molecule has 0 rings (SSSR count). The highest BCUT2D eigenvalue weighted by Crippen LogP contribution is 1.98. The van der Waals surface area contributed by atoms with Gasteiger partial charge in [0.15, 0.2) is 0 Å². The average molecular weight is 386 g/mol. The van der Waals surface area contributed by atoms with Crippen molar-refractivity contribution in [3.05, 3.63) is 0 Å². The SMILES string of the molecule is OCCOCC(COCCOCC(COCCO)OCCO)OCCO. The zero-order chi connectivity index (χ0) is 19.3. The Morgan fingerprint density at radius 1 is 0.423 bits per heavy atom. The Kier molecular flexibility index (Phi) is 20.6. The van der Waals surface area contributed by atoms with Crippen LogP contribution in [0, 0.1) is 0 Å². The Hall–Kier alpha value is -0.400. The van der Waals surface area contributed by atoms with Gasteiger partial charge < -0.3 is 48.8 Å². The molecule has 0 aliphatic heterocycles. The predicted molar refractivity (Wildman–Crippen MR) is 91.1 cm³/mol. The third-order valence-electron chi connectivity index (χ3n) is 2.95. The van der Waals surface area contributed by atoms with Crippen LogP contribution in [0.1, 0.15) is 0 Å². The minimum absolute atomic E-state index is 0.0665. The van der Waals surface area contributed by atoms with Crippen LogP contribution in [0.3, 0.4) is 0 Å². The minimum atomic E-state index is -0.332.